The molecular weight excluding hydrogens is 257 g/mol. The van der Waals surface area contributed by atoms with Crippen molar-refractivity contribution in [1.82, 2.24) is 9.97 Å². The van der Waals surface area contributed by atoms with Gasteiger partial charge in [-0.25, -0.2) is 0 Å². The van der Waals surface area contributed by atoms with Crippen LogP contribution in [0.25, 0.3) is 21.8 Å². The van der Waals surface area contributed by atoms with Crippen LogP contribution in [0.5, 0.6) is 0 Å². The number of benzene rings is 1. The fraction of sp³-hybridized carbons (Fsp3) is 0.0769. The fourth-order valence-electron chi connectivity index (χ4n) is 2.01. The number of rotatable bonds is 0. The second kappa shape index (κ2) is 3.81. The first kappa shape index (κ1) is 11.7. The summed E-state index contributed by atoms with van der Waals surface area (Å²) in [7, 11) is 0. The summed E-state index contributed by atoms with van der Waals surface area (Å²) in [4.78, 5) is 18.0. The minimum atomic E-state index is -4.59. The summed E-state index contributed by atoms with van der Waals surface area (Å²) in [5, 5.41) is 0.865. The molecule has 0 aliphatic rings. The van der Waals surface area contributed by atoms with E-state index in [1.54, 1.807) is 18.2 Å². The van der Waals surface area contributed by atoms with Crippen LogP contribution < -0.4 is 5.43 Å². The van der Waals surface area contributed by atoms with Gasteiger partial charge in [-0.15, -0.1) is 0 Å². The zero-order valence-electron chi connectivity index (χ0n) is 9.45. The molecule has 2 heterocycles. The lowest BCUT2D eigenvalue weighted by Crippen LogP contribution is -2.14. The van der Waals surface area contributed by atoms with Crippen molar-refractivity contribution in [2.24, 2.45) is 0 Å². The third kappa shape index (κ3) is 1.85. The second-order valence-electron chi connectivity index (χ2n) is 4.11. The van der Waals surface area contributed by atoms with Gasteiger partial charge >= 0.3 is 6.18 Å². The summed E-state index contributed by atoms with van der Waals surface area (Å²) < 4.78 is 38.1. The van der Waals surface area contributed by atoms with Gasteiger partial charge in [-0.2, -0.15) is 13.2 Å². The summed E-state index contributed by atoms with van der Waals surface area (Å²) in [5.41, 5.74) is -1.28. The van der Waals surface area contributed by atoms with E-state index in [1.807, 2.05) is 0 Å². The number of nitrogens with zero attached hydrogens (tertiary/aromatic N) is 1. The average Bonchev–Trinajstić information content (AvgIpc) is 2.37. The molecule has 0 aliphatic carbocycles. The van der Waals surface area contributed by atoms with Crippen molar-refractivity contribution in [1.29, 1.82) is 0 Å². The van der Waals surface area contributed by atoms with E-state index in [4.69, 9.17) is 0 Å². The molecule has 0 unspecified atom stereocenters. The van der Waals surface area contributed by atoms with Crippen molar-refractivity contribution < 1.29 is 13.2 Å². The number of nitrogens with one attached hydrogen (secondary N) is 1. The molecule has 0 saturated heterocycles. The van der Waals surface area contributed by atoms with Crippen LogP contribution >= 0.6 is 0 Å². The van der Waals surface area contributed by atoms with Gasteiger partial charge in [-0.3, -0.25) is 9.78 Å². The van der Waals surface area contributed by atoms with Crippen LogP contribution in [-0.4, -0.2) is 9.97 Å². The van der Waals surface area contributed by atoms with Crippen LogP contribution in [-0.2, 0) is 6.18 Å². The molecule has 0 radical (unpaired) electrons. The molecule has 1 N–H and O–H groups in total. The maximum Gasteiger partial charge on any atom is 0.431 e. The third-order valence-electron chi connectivity index (χ3n) is 2.88. The van der Waals surface area contributed by atoms with Gasteiger partial charge in [0, 0.05) is 23.0 Å². The van der Waals surface area contributed by atoms with Crippen LogP contribution in [0.15, 0.2) is 41.3 Å². The van der Waals surface area contributed by atoms with Crippen molar-refractivity contribution in [3.8, 4) is 0 Å². The van der Waals surface area contributed by atoms with Crippen molar-refractivity contribution in [2.75, 3.05) is 0 Å². The van der Waals surface area contributed by atoms with Gasteiger partial charge in [0.15, 0.2) is 5.43 Å². The van der Waals surface area contributed by atoms with E-state index in [0.29, 0.717) is 17.0 Å². The maximum atomic E-state index is 12.7. The van der Waals surface area contributed by atoms with Gasteiger partial charge < -0.3 is 4.98 Å². The number of hydrogen-bond acceptors (Lipinski definition) is 2. The van der Waals surface area contributed by atoms with Crippen molar-refractivity contribution >= 4 is 21.8 Å². The van der Waals surface area contributed by atoms with Crippen LogP contribution in [0.3, 0.4) is 0 Å². The Morgan fingerprint density at radius 3 is 2.68 bits per heavy atom. The first-order valence-corrected chi connectivity index (χ1v) is 5.45. The number of aromatic amines is 1. The zero-order valence-corrected chi connectivity index (χ0v) is 9.45. The van der Waals surface area contributed by atoms with Gasteiger partial charge in [0.1, 0.15) is 5.69 Å². The number of pyridine rings is 2. The molecule has 3 rings (SSSR count). The largest absolute Gasteiger partial charge is 0.431 e. The minimum absolute atomic E-state index is 0.109. The van der Waals surface area contributed by atoms with E-state index in [1.165, 1.54) is 12.3 Å². The highest BCUT2D eigenvalue weighted by molar-refractivity contribution is 6.02. The molecule has 0 saturated carbocycles. The van der Waals surface area contributed by atoms with E-state index in [9.17, 15) is 18.0 Å². The predicted molar refractivity (Wildman–Crippen MR) is 64.9 cm³/mol. The van der Waals surface area contributed by atoms with E-state index >= 15 is 0 Å². The summed E-state index contributed by atoms with van der Waals surface area (Å²) >= 11 is 0. The van der Waals surface area contributed by atoms with Crippen molar-refractivity contribution in [2.45, 2.75) is 6.18 Å². The number of aromatic nitrogens is 2. The Morgan fingerprint density at radius 2 is 1.95 bits per heavy atom. The van der Waals surface area contributed by atoms with Gasteiger partial charge in [0.05, 0.1) is 11.0 Å². The monoisotopic (exact) mass is 264 g/mol. The van der Waals surface area contributed by atoms with Crippen molar-refractivity contribution in [3.63, 3.8) is 0 Å². The Hall–Kier alpha value is -2.37. The Kier molecular flexibility index (Phi) is 2.35. The average molecular weight is 264 g/mol. The Morgan fingerprint density at radius 1 is 1.16 bits per heavy atom. The molecule has 0 fully saturated rings. The van der Waals surface area contributed by atoms with Gasteiger partial charge in [0.25, 0.3) is 0 Å². The number of hydrogen-bond donors (Lipinski definition) is 1. The molecule has 2 aromatic heterocycles. The van der Waals surface area contributed by atoms with E-state index in [-0.39, 0.29) is 10.9 Å². The van der Waals surface area contributed by atoms with E-state index in [2.05, 4.69) is 9.97 Å². The smallest absolute Gasteiger partial charge is 0.349 e. The molecule has 1 aromatic carbocycles. The van der Waals surface area contributed by atoms with Crippen LogP contribution in [0.2, 0.25) is 0 Å². The second-order valence-corrected chi connectivity index (χ2v) is 4.11. The first-order chi connectivity index (χ1) is 8.97. The Balaban J connectivity index is 2.51. The lowest BCUT2D eigenvalue weighted by atomic mass is 10.1. The first-order valence-electron chi connectivity index (χ1n) is 5.45. The molecule has 0 bridgehead atoms. The van der Waals surface area contributed by atoms with Crippen LogP contribution in [0.1, 0.15) is 5.69 Å². The van der Waals surface area contributed by atoms with E-state index in [0.717, 1.165) is 0 Å². The van der Waals surface area contributed by atoms with E-state index < -0.39 is 17.3 Å². The minimum Gasteiger partial charge on any atom is -0.349 e. The van der Waals surface area contributed by atoms with Crippen LogP contribution in [0.4, 0.5) is 13.2 Å². The third-order valence-corrected chi connectivity index (χ3v) is 2.88. The van der Waals surface area contributed by atoms with Gasteiger partial charge in [-0.05, 0) is 12.1 Å². The highest BCUT2D eigenvalue weighted by Crippen LogP contribution is 2.29. The lowest BCUT2D eigenvalue weighted by molar-refractivity contribution is -0.141. The maximum absolute atomic E-state index is 12.7. The normalized spacial score (nSPS) is 12.2. The molecule has 0 aliphatic heterocycles. The topological polar surface area (TPSA) is 45.8 Å². The molecule has 6 heteroatoms. The lowest BCUT2D eigenvalue weighted by Gasteiger charge is -2.09. The Labute approximate surface area is 104 Å². The molecule has 0 spiro atoms. The number of alkyl halides is 3. The molecule has 19 heavy (non-hydrogen) atoms. The van der Waals surface area contributed by atoms with Crippen molar-refractivity contribution in [3.05, 3.63) is 52.4 Å². The highest BCUT2D eigenvalue weighted by atomic mass is 19.4. The fourth-order valence-corrected chi connectivity index (χ4v) is 2.01. The zero-order chi connectivity index (χ0) is 13.6. The summed E-state index contributed by atoms with van der Waals surface area (Å²) in [6.45, 7) is 0. The predicted octanol–water partition coefficient (Wildman–Crippen LogP) is 3.10. The molecule has 96 valence electrons. The van der Waals surface area contributed by atoms with Crippen LogP contribution in [0, 0.1) is 0 Å². The molecular formula is C13H7F3N2O. The molecule has 3 nitrogen and oxygen atoms in total. The molecule has 0 atom stereocenters. The summed E-state index contributed by atoms with van der Waals surface area (Å²) in [6.07, 6.45) is -3.12. The number of halogens is 3. The summed E-state index contributed by atoms with van der Waals surface area (Å²) in [5.74, 6) is 0. The highest BCUT2D eigenvalue weighted by Gasteiger charge is 2.32. The summed E-state index contributed by atoms with van der Waals surface area (Å²) in [6, 6.07) is 7.13. The standard InChI is InChI=1S/C13H7F3N2O/c14-13(15,16)10-6-9(19)8-4-3-7-2-1-5-17-11(7)12(8)18-10/h1-6H,(H,18,19). The quantitative estimate of drug-likeness (QED) is 0.634. The Bertz CT molecular complexity index is 837. The van der Waals surface area contributed by atoms with Gasteiger partial charge in [0.2, 0.25) is 0 Å². The number of fused-ring (bicyclic) bond motifs is 3. The molecule has 0 amide bonds. The van der Waals surface area contributed by atoms with Gasteiger partial charge in [-0.1, -0.05) is 12.1 Å². The number of H-pyrrole nitrogens is 1. The SMILES string of the molecule is O=c1cc(C(F)(F)F)[nH]c2c1ccc1cccnc12. The molecule has 3 aromatic rings.